The van der Waals surface area contributed by atoms with E-state index >= 15 is 0 Å². The average molecular weight is 310 g/mol. The van der Waals surface area contributed by atoms with Crippen LogP contribution >= 0.6 is 0 Å². The summed E-state index contributed by atoms with van der Waals surface area (Å²) in [5.74, 6) is 0. The predicted octanol–water partition coefficient (Wildman–Crippen LogP) is 2.75. The third kappa shape index (κ3) is 3.84. The van der Waals surface area contributed by atoms with Gasteiger partial charge in [-0.1, -0.05) is 31.9 Å². The average Bonchev–Trinajstić information content (AvgIpc) is 2.73. The molecule has 0 saturated carbocycles. The topological polar surface area (TPSA) is 49.4 Å². The Kier molecular flexibility index (Phi) is 5.79. The van der Waals surface area contributed by atoms with Gasteiger partial charge in [-0.25, -0.2) is 8.42 Å². The molecule has 0 aliphatic carbocycles. The fourth-order valence-electron chi connectivity index (χ4n) is 3.03. The fourth-order valence-corrected chi connectivity index (χ4v) is 4.87. The summed E-state index contributed by atoms with van der Waals surface area (Å²) in [4.78, 5) is 0.426. The van der Waals surface area contributed by atoms with Crippen molar-refractivity contribution >= 4 is 10.0 Å². The molecule has 118 valence electrons. The smallest absolute Gasteiger partial charge is 0.243 e. The minimum atomic E-state index is -3.38. The van der Waals surface area contributed by atoms with Gasteiger partial charge in [0.1, 0.15) is 0 Å². The van der Waals surface area contributed by atoms with E-state index in [0.717, 1.165) is 37.7 Å². The Hall–Kier alpha value is -0.910. The highest BCUT2D eigenvalue weighted by molar-refractivity contribution is 7.89. The number of nitrogens with one attached hydrogen (secondary N) is 1. The van der Waals surface area contributed by atoms with Crippen molar-refractivity contribution in [1.29, 1.82) is 0 Å². The minimum Gasteiger partial charge on any atom is -0.316 e. The summed E-state index contributed by atoms with van der Waals surface area (Å²) in [6.45, 7) is 3.41. The number of nitrogens with zero attached hydrogens (tertiary/aromatic N) is 1. The van der Waals surface area contributed by atoms with Gasteiger partial charge in [-0.2, -0.15) is 4.31 Å². The van der Waals surface area contributed by atoms with Gasteiger partial charge in [-0.15, -0.1) is 0 Å². The molecule has 2 rings (SSSR count). The Balaban J connectivity index is 2.32. The van der Waals surface area contributed by atoms with Crippen LogP contribution in [0.25, 0.3) is 0 Å². The molecule has 1 aliphatic rings. The molecule has 1 N–H and O–H groups in total. The van der Waals surface area contributed by atoms with E-state index in [0.29, 0.717) is 18.0 Å². The quantitative estimate of drug-likeness (QED) is 0.910. The van der Waals surface area contributed by atoms with Gasteiger partial charge < -0.3 is 5.32 Å². The molecular formula is C16H26N2O2S. The summed E-state index contributed by atoms with van der Waals surface area (Å²) >= 11 is 0. The molecular weight excluding hydrogens is 284 g/mol. The lowest BCUT2D eigenvalue weighted by Crippen LogP contribution is -2.39. The van der Waals surface area contributed by atoms with Crippen LogP contribution in [0.3, 0.4) is 0 Å². The Morgan fingerprint density at radius 2 is 2.10 bits per heavy atom. The molecule has 1 atom stereocenters. The maximum absolute atomic E-state index is 13.0. The van der Waals surface area contributed by atoms with Crippen molar-refractivity contribution in [2.45, 2.75) is 56.5 Å². The predicted molar refractivity (Wildman–Crippen MR) is 85.6 cm³/mol. The van der Waals surface area contributed by atoms with Crippen LogP contribution in [0.2, 0.25) is 0 Å². The molecule has 1 aliphatic heterocycles. The second-order valence-corrected chi connectivity index (χ2v) is 7.60. The number of hydrogen-bond donors (Lipinski definition) is 1. The zero-order valence-corrected chi connectivity index (χ0v) is 13.8. The van der Waals surface area contributed by atoms with Crippen molar-refractivity contribution in [2.75, 3.05) is 13.6 Å². The second kappa shape index (κ2) is 7.38. The third-order valence-electron chi connectivity index (χ3n) is 4.18. The monoisotopic (exact) mass is 310 g/mol. The maximum Gasteiger partial charge on any atom is 0.243 e. The molecule has 0 spiro atoms. The second-order valence-electron chi connectivity index (χ2n) is 5.70. The van der Waals surface area contributed by atoms with Gasteiger partial charge in [0.05, 0.1) is 4.90 Å². The van der Waals surface area contributed by atoms with Crippen molar-refractivity contribution in [1.82, 2.24) is 9.62 Å². The molecule has 5 heteroatoms. The largest absolute Gasteiger partial charge is 0.316 e. The van der Waals surface area contributed by atoms with Crippen LogP contribution in [0, 0.1) is 0 Å². The first kappa shape index (κ1) is 16.5. The van der Waals surface area contributed by atoms with Crippen molar-refractivity contribution in [3.8, 4) is 0 Å². The van der Waals surface area contributed by atoms with Gasteiger partial charge in [0, 0.05) is 19.1 Å². The molecule has 1 saturated heterocycles. The summed E-state index contributed by atoms with van der Waals surface area (Å²) in [7, 11) is -1.52. The molecule has 1 aromatic carbocycles. The van der Waals surface area contributed by atoms with E-state index in [-0.39, 0.29) is 6.04 Å². The molecule has 0 radical (unpaired) electrons. The van der Waals surface area contributed by atoms with Crippen molar-refractivity contribution in [3.05, 3.63) is 29.8 Å². The van der Waals surface area contributed by atoms with E-state index in [1.807, 2.05) is 19.2 Å². The number of benzene rings is 1. The van der Waals surface area contributed by atoms with Crippen LogP contribution in [0.1, 0.15) is 44.6 Å². The highest BCUT2D eigenvalue weighted by Crippen LogP contribution is 2.26. The van der Waals surface area contributed by atoms with E-state index in [9.17, 15) is 8.42 Å². The van der Waals surface area contributed by atoms with Crippen molar-refractivity contribution < 1.29 is 8.42 Å². The first-order valence-corrected chi connectivity index (χ1v) is 9.29. The Labute approximate surface area is 128 Å². The van der Waals surface area contributed by atoms with Gasteiger partial charge in [0.2, 0.25) is 10.0 Å². The highest BCUT2D eigenvalue weighted by Gasteiger charge is 2.31. The van der Waals surface area contributed by atoms with Crippen LogP contribution in [-0.2, 0) is 16.6 Å². The zero-order chi connectivity index (χ0) is 15.3. The van der Waals surface area contributed by atoms with Gasteiger partial charge >= 0.3 is 0 Å². The van der Waals surface area contributed by atoms with Gasteiger partial charge in [-0.05, 0) is 44.0 Å². The van der Waals surface area contributed by atoms with E-state index in [1.54, 1.807) is 16.4 Å². The Morgan fingerprint density at radius 1 is 1.29 bits per heavy atom. The molecule has 21 heavy (non-hydrogen) atoms. The SMILES string of the molecule is CCC1CCCCCN1S(=O)(=O)c1cccc(CNC)c1. The Morgan fingerprint density at radius 3 is 2.81 bits per heavy atom. The van der Waals surface area contributed by atoms with E-state index in [4.69, 9.17) is 0 Å². The lowest BCUT2D eigenvalue weighted by molar-refractivity contribution is 0.315. The lowest BCUT2D eigenvalue weighted by atomic mass is 10.1. The molecule has 1 aromatic rings. The molecule has 1 fully saturated rings. The zero-order valence-electron chi connectivity index (χ0n) is 13.0. The molecule has 4 nitrogen and oxygen atoms in total. The highest BCUT2D eigenvalue weighted by atomic mass is 32.2. The first-order chi connectivity index (χ1) is 10.1. The lowest BCUT2D eigenvalue weighted by Gasteiger charge is -2.28. The summed E-state index contributed by atoms with van der Waals surface area (Å²) < 4.78 is 27.7. The summed E-state index contributed by atoms with van der Waals surface area (Å²) in [6.07, 6.45) is 5.08. The van der Waals surface area contributed by atoms with Crippen LogP contribution in [0.4, 0.5) is 0 Å². The van der Waals surface area contributed by atoms with Gasteiger partial charge in [-0.3, -0.25) is 0 Å². The van der Waals surface area contributed by atoms with Crippen LogP contribution < -0.4 is 5.32 Å². The fraction of sp³-hybridized carbons (Fsp3) is 0.625. The normalized spacial score (nSPS) is 21.1. The van der Waals surface area contributed by atoms with E-state index in [2.05, 4.69) is 12.2 Å². The minimum absolute atomic E-state index is 0.144. The number of rotatable bonds is 5. The number of hydrogen-bond acceptors (Lipinski definition) is 3. The standard InChI is InChI=1S/C16H26N2O2S/c1-3-15-9-5-4-6-11-18(15)21(19,20)16-10-7-8-14(12-16)13-17-2/h7-8,10,12,15,17H,3-6,9,11,13H2,1-2H3. The Bertz CT molecular complexity index is 557. The maximum atomic E-state index is 13.0. The summed E-state index contributed by atoms with van der Waals surface area (Å²) in [5, 5.41) is 3.06. The van der Waals surface area contributed by atoms with E-state index < -0.39 is 10.0 Å². The van der Waals surface area contributed by atoms with E-state index in [1.165, 1.54) is 0 Å². The van der Waals surface area contributed by atoms with Gasteiger partial charge in [0.25, 0.3) is 0 Å². The molecule has 1 heterocycles. The molecule has 0 aromatic heterocycles. The summed E-state index contributed by atoms with van der Waals surface area (Å²) in [5.41, 5.74) is 1.00. The summed E-state index contributed by atoms with van der Waals surface area (Å²) in [6, 6.07) is 7.44. The molecule has 0 bridgehead atoms. The molecule has 1 unspecified atom stereocenters. The third-order valence-corrected chi connectivity index (χ3v) is 6.13. The van der Waals surface area contributed by atoms with Gasteiger partial charge in [0.15, 0.2) is 0 Å². The van der Waals surface area contributed by atoms with Crippen LogP contribution in [-0.4, -0.2) is 32.4 Å². The first-order valence-electron chi connectivity index (χ1n) is 7.85. The number of sulfonamides is 1. The van der Waals surface area contributed by atoms with Crippen molar-refractivity contribution in [2.24, 2.45) is 0 Å². The van der Waals surface area contributed by atoms with Crippen LogP contribution in [0.15, 0.2) is 29.2 Å². The molecule has 0 amide bonds. The van der Waals surface area contributed by atoms with Crippen LogP contribution in [0.5, 0.6) is 0 Å². The van der Waals surface area contributed by atoms with Crippen molar-refractivity contribution in [3.63, 3.8) is 0 Å².